The molecule has 1 saturated heterocycles. The van der Waals surface area contributed by atoms with E-state index in [-0.39, 0.29) is 5.91 Å². The Kier molecular flexibility index (Phi) is 4.20. The lowest BCUT2D eigenvalue weighted by molar-refractivity contribution is -0.136. The summed E-state index contributed by atoms with van der Waals surface area (Å²) >= 11 is 0. The maximum Gasteiger partial charge on any atom is 0.223 e. The molecule has 1 atom stereocenters. The monoisotopic (exact) mass is 262 g/mol. The number of rotatable bonds is 4. The van der Waals surface area contributed by atoms with Crippen molar-refractivity contribution in [3.8, 4) is 0 Å². The van der Waals surface area contributed by atoms with Gasteiger partial charge in [-0.15, -0.1) is 0 Å². The molecule has 0 bridgehead atoms. The number of carbonyl (C=O) groups is 1. The number of hydrogen-bond donors (Lipinski definition) is 1. The predicted octanol–water partition coefficient (Wildman–Crippen LogP) is 1.78. The molecule has 1 aromatic heterocycles. The lowest BCUT2D eigenvalue weighted by atomic mass is 9.98. The molecule has 1 amide bonds. The Hall–Kier alpha value is -1.42. The zero-order valence-corrected chi connectivity index (χ0v) is 11.7. The maximum absolute atomic E-state index is 12.2. The second-order valence-corrected chi connectivity index (χ2v) is 5.68. The van der Waals surface area contributed by atoms with Crippen molar-refractivity contribution < 1.29 is 9.90 Å². The van der Waals surface area contributed by atoms with Crippen LogP contribution in [0.25, 0.3) is 0 Å². The molecule has 1 aliphatic rings. The highest BCUT2D eigenvalue weighted by Gasteiger charge is 2.42. The molecule has 4 nitrogen and oxygen atoms in total. The van der Waals surface area contributed by atoms with Gasteiger partial charge in [0.1, 0.15) is 0 Å². The number of carbonyl (C=O) groups excluding carboxylic acids is 1. The molecule has 0 radical (unpaired) electrons. The van der Waals surface area contributed by atoms with Gasteiger partial charge in [-0.1, -0.05) is 6.07 Å². The van der Waals surface area contributed by atoms with Crippen molar-refractivity contribution in [3.63, 3.8) is 0 Å². The van der Waals surface area contributed by atoms with Gasteiger partial charge >= 0.3 is 0 Å². The van der Waals surface area contributed by atoms with Crippen molar-refractivity contribution in [1.82, 2.24) is 9.88 Å². The minimum Gasteiger partial charge on any atom is -0.391 e. The molecule has 2 heterocycles. The first-order valence-electron chi connectivity index (χ1n) is 6.90. The molecule has 1 N–H and O–H groups in total. The summed E-state index contributed by atoms with van der Waals surface area (Å²) in [4.78, 5) is 18.3. The Balaban J connectivity index is 1.82. The largest absolute Gasteiger partial charge is 0.391 e. The number of nitrogens with zero attached hydrogens (tertiary/aromatic N) is 2. The van der Waals surface area contributed by atoms with Gasteiger partial charge < -0.3 is 10.0 Å². The molecule has 2 rings (SSSR count). The molecule has 1 fully saturated rings. The number of aliphatic hydroxyl groups is 1. The van der Waals surface area contributed by atoms with E-state index < -0.39 is 11.6 Å². The molecule has 19 heavy (non-hydrogen) atoms. The molecular formula is C15H22N2O2. The summed E-state index contributed by atoms with van der Waals surface area (Å²) in [7, 11) is 0. The van der Waals surface area contributed by atoms with E-state index in [0.29, 0.717) is 19.4 Å². The summed E-state index contributed by atoms with van der Waals surface area (Å²) < 4.78 is 0. The van der Waals surface area contributed by atoms with E-state index in [1.54, 1.807) is 6.20 Å². The van der Waals surface area contributed by atoms with Crippen LogP contribution < -0.4 is 0 Å². The van der Waals surface area contributed by atoms with Crippen LogP contribution in [0.15, 0.2) is 24.4 Å². The number of amides is 1. The number of likely N-dealkylation sites (tertiary alicyclic amines) is 1. The molecule has 1 aliphatic heterocycles. The number of aromatic nitrogens is 1. The zero-order valence-electron chi connectivity index (χ0n) is 11.7. The third-order valence-electron chi connectivity index (χ3n) is 3.99. The van der Waals surface area contributed by atoms with Crippen molar-refractivity contribution in [3.05, 3.63) is 30.1 Å². The number of aliphatic hydroxyl groups excluding tert-OH is 1. The van der Waals surface area contributed by atoms with Gasteiger partial charge in [0.2, 0.25) is 5.91 Å². The first-order chi connectivity index (χ1) is 9.01. The van der Waals surface area contributed by atoms with Gasteiger partial charge in [0.25, 0.3) is 0 Å². The number of hydrogen-bond acceptors (Lipinski definition) is 3. The second kappa shape index (κ2) is 5.70. The van der Waals surface area contributed by atoms with Crippen LogP contribution in [-0.2, 0) is 11.2 Å². The lowest BCUT2D eigenvalue weighted by Crippen LogP contribution is -2.48. The molecular weight excluding hydrogens is 240 g/mol. The van der Waals surface area contributed by atoms with Crippen molar-refractivity contribution >= 4 is 5.91 Å². The van der Waals surface area contributed by atoms with Crippen LogP contribution in [0.2, 0.25) is 0 Å². The molecule has 0 spiro atoms. The second-order valence-electron chi connectivity index (χ2n) is 5.68. The topological polar surface area (TPSA) is 53.4 Å². The van der Waals surface area contributed by atoms with Crippen LogP contribution in [-0.4, -0.2) is 39.1 Å². The molecule has 4 heteroatoms. The minimum absolute atomic E-state index is 0.137. The van der Waals surface area contributed by atoms with Crippen molar-refractivity contribution in [2.24, 2.45) is 0 Å². The molecule has 0 saturated carbocycles. The first kappa shape index (κ1) is 14.0. The van der Waals surface area contributed by atoms with Crippen LogP contribution in [0.5, 0.6) is 0 Å². The van der Waals surface area contributed by atoms with Gasteiger partial charge in [-0.25, -0.2) is 0 Å². The van der Waals surface area contributed by atoms with E-state index in [9.17, 15) is 9.90 Å². The van der Waals surface area contributed by atoms with Gasteiger partial charge in [-0.3, -0.25) is 9.78 Å². The van der Waals surface area contributed by atoms with Gasteiger partial charge in [-0.2, -0.15) is 0 Å². The highest BCUT2D eigenvalue weighted by atomic mass is 16.3. The number of aryl methyl sites for hydroxylation is 1. The normalized spacial score (nSPS) is 21.6. The SMILES string of the molecule is CC1(C)C(O)CCN1C(=O)CCCc1ccccn1. The quantitative estimate of drug-likeness (QED) is 0.900. The van der Waals surface area contributed by atoms with E-state index in [0.717, 1.165) is 18.5 Å². The third-order valence-corrected chi connectivity index (χ3v) is 3.99. The van der Waals surface area contributed by atoms with Crippen LogP contribution >= 0.6 is 0 Å². The summed E-state index contributed by atoms with van der Waals surface area (Å²) in [6.45, 7) is 4.53. The third kappa shape index (κ3) is 3.13. The molecule has 104 valence electrons. The number of pyridine rings is 1. The Bertz CT molecular complexity index is 431. The lowest BCUT2D eigenvalue weighted by Gasteiger charge is -2.33. The van der Waals surface area contributed by atoms with Crippen LogP contribution in [0, 0.1) is 0 Å². The Morgan fingerprint density at radius 2 is 2.32 bits per heavy atom. The summed E-state index contributed by atoms with van der Waals surface area (Å²) in [5.74, 6) is 0.137. The fourth-order valence-corrected chi connectivity index (χ4v) is 2.62. The van der Waals surface area contributed by atoms with Crippen molar-refractivity contribution in [2.75, 3.05) is 6.54 Å². The van der Waals surface area contributed by atoms with Gasteiger partial charge in [0.05, 0.1) is 11.6 Å². The van der Waals surface area contributed by atoms with Crippen molar-refractivity contribution in [1.29, 1.82) is 0 Å². The summed E-state index contributed by atoms with van der Waals surface area (Å²) in [6.07, 6.45) is 4.19. The predicted molar refractivity (Wildman–Crippen MR) is 73.6 cm³/mol. The van der Waals surface area contributed by atoms with E-state index in [1.165, 1.54) is 0 Å². The molecule has 0 aliphatic carbocycles. The van der Waals surface area contributed by atoms with E-state index in [2.05, 4.69) is 4.98 Å². The van der Waals surface area contributed by atoms with E-state index in [1.807, 2.05) is 36.9 Å². The highest BCUT2D eigenvalue weighted by Crippen LogP contribution is 2.29. The Morgan fingerprint density at radius 1 is 1.53 bits per heavy atom. The van der Waals surface area contributed by atoms with Gasteiger partial charge in [-0.05, 0) is 45.2 Å². The first-order valence-corrected chi connectivity index (χ1v) is 6.90. The van der Waals surface area contributed by atoms with Crippen LogP contribution in [0.4, 0.5) is 0 Å². The molecule has 1 unspecified atom stereocenters. The fraction of sp³-hybridized carbons (Fsp3) is 0.600. The fourth-order valence-electron chi connectivity index (χ4n) is 2.62. The minimum atomic E-state index is -0.428. The standard InChI is InChI=1S/C15H22N2O2/c1-15(2)13(18)9-11-17(15)14(19)8-5-7-12-6-3-4-10-16-12/h3-4,6,10,13,18H,5,7-9,11H2,1-2H3. The maximum atomic E-state index is 12.2. The summed E-state index contributed by atoms with van der Waals surface area (Å²) in [5, 5.41) is 9.88. The average Bonchev–Trinajstić information content (AvgIpc) is 2.65. The molecule has 0 aromatic carbocycles. The summed E-state index contributed by atoms with van der Waals surface area (Å²) in [5.41, 5.74) is 0.596. The van der Waals surface area contributed by atoms with Crippen molar-refractivity contribution in [2.45, 2.75) is 51.2 Å². The van der Waals surface area contributed by atoms with Crippen LogP contribution in [0.1, 0.15) is 38.8 Å². The van der Waals surface area contributed by atoms with E-state index in [4.69, 9.17) is 0 Å². The smallest absolute Gasteiger partial charge is 0.223 e. The molecule has 1 aromatic rings. The van der Waals surface area contributed by atoms with E-state index >= 15 is 0 Å². The Labute approximate surface area is 114 Å². The highest BCUT2D eigenvalue weighted by molar-refractivity contribution is 5.77. The van der Waals surface area contributed by atoms with Crippen LogP contribution in [0.3, 0.4) is 0 Å². The average molecular weight is 262 g/mol. The zero-order chi connectivity index (χ0) is 13.9. The van der Waals surface area contributed by atoms with Gasteiger partial charge in [0, 0.05) is 24.9 Å². The Morgan fingerprint density at radius 3 is 2.89 bits per heavy atom. The summed E-state index contributed by atoms with van der Waals surface area (Å²) in [6, 6.07) is 5.83. The van der Waals surface area contributed by atoms with Gasteiger partial charge in [0.15, 0.2) is 0 Å².